The second kappa shape index (κ2) is 7.56. The van der Waals surface area contributed by atoms with Gasteiger partial charge in [0.25, 0.3) is 5.91 Å². The number of hydrogen-bond acceptors (Lipinski definition) is 7. The summed E-state index contributed by atoms with van der Waals surface area (Å²) in [6.07, 6.45) is 3.05. The van der Waals surface area contributed by atoms with Crippen LogP contribution in [-0.2, 0) is 6.54 Å². The normalized spacial score (nSPS) is 10.4. The molecule has 3 aromatic rings. The predicted octanol–water partition coefficient (Wildman–Crippen LogP) is 1.83. The average Bonchev–Trinajstić information content (AvgIpc) is 3.28. The molecule has 140 valence electrons. The molecule has 0 radical (unpaired) electrons. The quantitative estimate of drug-likeness (QED) is 0.477. The summed E-state index contributed by atoms with van der Waals surface area (Å²) in [7, 11) is 2.82. The number of amides is 1. The van der Waals surface area contributed by atoms with E-state index in [1.165, 1.54) is 13.3 Å². The van der Waals surface area contributed by atoms with Crippen molar-refractivity contribution in [2.75, 3.05) is 19.5 Å². The van der Waals surface area contributed by atoms with E-state index in [0.29, 0.717) is 12.2 Å². The third kappa shape index (κ3) is 3.86. The minimum absolute atomic E-state index is 0.265. The highest BCUT2D eigenvalue weighted by atomic mass is 16.6. The Balaban J connectivity index is 1.73. The fourth-order valence-corrected chi connectivity index (χ4v) is 2.46. The molecular formula is C16H16N6O5. The highest BCUT2D eigenvalue weighted by Crippen LogP contribution is 2.28. The number of benzene rings is 1. The molecule has 0 saturated heterocycles. The van der Waals surface area contributed by atoms with E-state index in [-0.39, 0.29) is 11.6 Å². The van der Waals surface area contributed by atoms with Crippen molar-refractivity contribution in [1.82, 2.24) is 20.0 Å². The van der Waals surface area contributed by atoms with Crippen LogP contribution < -0.4 is 14.8 Å². The van der Waals surface area contributed by atoms with E-state index < -0.39 is 16.5 Å². The summed E-state index contributed by atoms with van der Waals surface area (Å²) < 4.78 is 11.6. The van der Waals surface area contributed by atoms with E-state index in [0.717, 1.165) is 11.3 Å². The van der Waals surface area contributed by atoms with Crippen molar-refractivity contribution >= 4 is 17.3 Å². The SMILES string of the molecule is COc1cccc(Cn2cc(NC(=O)c3[nH]nc(OC)c3[N+](=O)[O-])cn2)c1. The number of ether oxygens (including phenoxy) is 2. The fraction of sp³-hybridized carbons (Fsp3) is 0.188. The Bertz CT molecular complexity index is 979. The molecule has 0 saturated carbocycles. The van der Waals surface area contributed by atoms with Crippen LogP contribution in [0.5, 0.6) is 11.6 Å². The summed E-state index contributed by atoms with van der Waals surface area (Å²) in [6.45, 7) is 0.463. The van der Waals surface area contributed by atoms with Crippen molar-refractivity contribution in [2.45, 2.75) is 6.54 Å². The first-order valence-corrected chi connectivity index (χ1v) is 7.75. The van der Waals surface area contributed by atoms with Crippen molar-refractivity contribution in [2.24, 2.45) is 0 Å². The van der Waals surface area contributed by atoms with Gasteiger partial charge in [-0.25, -0.2) is 0 Å². The molecule has 3 rings (SSSR count). The monoisotopic (exact) mass is 372 g/mol. The maximum atomic E-state index is 12.3. The predicted molar refractivity (Wildman–Crippen MR) is 94.1 cm³/mol. The van der Waals surface area contributed by atoms with Gasteiger partial charge in [-0.05, 0) is 17.7 Å². The van der Waals surface area contributed by atoms with Gasteiger partial charge in [-0.1, -0.05) is 12.1 Å². The molecule has 0 fully saturated rings. The van der Waals surface area contributed by atoms with Gasteiger partial charge in [0.05, 0.1) is 37.6 Å². The lowest BCUT2D eigenvalue weighted by molar-refractivity contribution is -0.386. The van der Waals surface area contributed by atoms with Gasteiger partial charge in [0.15, 0.2) is 0 Å². The third-order valence-corrected chi connectivity index (χ3v) is 3.68. The molecule has 11 heteroatoms. The maximum absolute atomic E-state index is 12.3. The minimum Gasteiger partial charge on any atom is -0.497 e. The molecule has 1 aromatic carbocycles. The van der Waals surface area contributed by atoms with Gasteiger partial charge in [-0.3, -0.25) is 24.7 Å². The third-order valence-electron chi connectivity index (χ3n) is 3.68. The number of methoxy groups -OCH3 is 2. The van der Waals surface area contributed by atoms with E-state index in [4.69, 9.17) is 9.47 Å². The smallest absolute Gasteiger partial charge is 0.362 e. The largest absolute Gasteiger partial charge is 0.497 e. The number of nitrogens with zero attached hydrogens (tertiary/aromatic N) is 4. The number of rotatable bonds is 7. The van der Waals surface area contributed by atoms with Crippen LogP contribution in [0.25, 0.3) is 0 Å². The second-order valence-corrected chi connectivity index (χ2v) is 5.45. The first-order chi connectivity index (χ1) is 13.0. The molecule has 0 atom stereocenters. The number of nitrogens with one attached hydrogen (secondary N) is 2. The van der Waals surface area contributed by atoms with Crippen molar-refractivity contribution < 1.29 is 19.2 Å². The Hall–Kier alpha value is -3.89. The number of hydrogen-bond donors (Lipinski definition) is 2. The van der Waals surface area contributed by atoms with Crippen LogP contribution in [0.2, 0.25) is 0 Å². The number of aromatic amines is 1. The van der Waals surface area contributed by atoms with E-state index >= 15 is 0 Å². The van der Waals surface area contributed by atoms with Crippen molar-refractivity contribution in [3.05, 3.63) is 58.0 Å². The molecule has 2 N–H and O–H groups in total. The lowest BCUT2D eigenvalue weighted by Crippen LogP contribution is -2.14. The molecule has 0 spiro atoms. The molecule has 0 aliphatic carbocycles. The summed E-state index contributed by atoms with van der Waals surface area (Å²) in [4.78, 5) is 22.7. The molecule has 2 aromatic heterocycles. The Morgan fingerprint density at radius 3 is 2.89 bits per heavy atom. The molecule has 0 aliphatic heterocycles. The van der Waals surface area contributed by atoms with Gasteiger partial charge < -0.3 is 14.8 Å². The van der Waals surface area contributed by atoms with Crippen LogP contribution in [0.1, 0.15) is 16.1 Å². The summed E-state index contributed by atoms with van der Waals surface area (Å²) in [5.74, 6) is -0.258. The van der Waals surface area contributed by atoms with Crippen molar-refractivity contribution in [3.8, 4) is 11.6 Å². The highest BCUT2D eigenvalue weighted by molar-refractivity contribution is 6.06. The van der Waals surface area contributed by atoms with Gasteiger partial charge in [0.2, 0.25) is 5.69 Å². The first kappa shape index (κ1) is 17.9. The number of H-pyrrole nitrogens is 1. The summed E-state index contributed by atoms with van der Waals surface area (Å²) in [5.41, 5.74) is 0.506. The molecule has 0 unspecified atom stereocenters. The number of carbonyl (C=O) groups is 1. The Kier molecular flexibility index (Phi) is 5.01. The Labute approximate surface area is 153 Å². The minimum atomic E-state index is -0.733. The van der Waals surface area contributed by atoms with Gasteiger partial charge >= 0.3 is 11.6 Å². The van der Waals surface area contributed by atoms with Crippen LogP contribution in [-0.4, -0.2) is 45.0 Å². The first-order valence-electron chi connectivity index (χ1n) is 7.75. The topological polar surface area (TPSA) is 137 Å². The van der Waals surface area contributed by atoms with Crippen LogP contribution >= 0.6 is 0 Å². The standard InChI is InChI=1S/C16H16N6O5/c1-26-12-5-3-4-10(6-12)8-21-9-11(7-17-21)18-15(23)13-14(22(24)25)16(27-2)20-19-13/h3-7,9H,8H2,1-2H3,(H,18,23)(H,19,20). The van der Waals surface area contributed by atoms with Crippen LogP contribution in [0, 0.1) is 10.1 Å². The van der Waals surface area contributed by atoms with Crippen LogP contribution in [0.3, 0.4) is 0 Å². The van der Waals surface area contributed by atoms with Gasteiger partial charge in [-0.15, -0.1) is 5.10 Å². The zero-order valence-corrected chi connectivity index (χ0v) is 14.5. The molecule has 0 aliphatic rings. The maximum Gasteiger partial charge on any atom is 0.362 e. The number of aromatic nitrogens is 4. The molecule has 0 bridgehead atoms. The van der Waals surface area contributed by atoms with E-state index in [9.17, 15) is 14.9 Å². The number of carbonyl (C=O) groups excluding carboxylic acids is 1. The molecule has 27 heavy (non-hydrogen) atoms. The van der Waals surface area contributed by atoms with E-state index in [1.807, 2.05) is 24.3 Å². The molecular weight excluding hydrogens is 356 g/mol. The Morgan fingerprint density at radius 1 is 1.37 bits per heavy atom. The van der Waals surface area contributed by atoms with E-state index in [1.54, 1.807) is 18.0 Å². The number of nitro groups is 1. The lowest BCUT2D eigenvalue weighted by atomic mass is 10.2. The molecule has 1 amide bonds. The van der Waals surface area contributed by atoms with E-state index in [2.05, 4.69) is 20.6 Å². The van der Waals surface area contributed by atoms with Crippen molar-refractivity contribution in [3.63, 3.8) is 0 Å². The second-order valence-electron chi connectivity index (χ2n) is 5.45. The van der Waals surface area contributed by atoms with Crippen molar-refractivity contribution in [1.29, 1.82) is 0 Å². The Morgan fingerprint density at radius 2 is 2.19 bits per heavy atom. The molecule has 2 heterocycles. The molecule has 11 nitrogen and oxygen atoms in total. The summed E-state index contributed by atoms with van der Waals surface area (Å²) >= 11 is 0. The van der Waals surface area contributed by atoms with Gasteiger partial charge in [-0.2, -0.15) is 5.10 Å². The average molecular weight is 372 g/mol. The zero-order chi connectivity index (χ0) is 19.4. The van der Waals surface area contributed by atoms with Crippen LogP contribution in [0.4, 0.5) is 11.4 Å². The fourth-order valence-electron chi connectivity index (χ4n) is 2.46. The lowest BCUT2D eigenvalue weighted by Gasteiger charge is -2.04. The summed E-state index contributed by atoms with van der Waals surface area (Å²) in [6, 6.07) is 7.50. The van der Waals surface area contributed by atoms with Crippen LogP contribution in [0.15, 0.2) is 36.7 Å². The summed E-state index contributed by atoms with van der Waals surface area (Å²) in [5, 5.41) is 23.8. The van der Waals surface area contributed by atoms with Gasteiger partial charge in [0.1, 0.15) is 5.75 Å². The number of anilines is 1. The van der Waals surface area contributed by atoms with Gasteiger partial charge in [0, 0.05) is 6.20 Å². The zero-order valence-electron chi connectivity index (χ0n) is 14.5. The highest BCUT2D eigenvalue weighted by Gasteiger charge is 2.30.